The Bertz CT molecular complexity index is 1430. The second-order valence-electron chi connectivity index (χ2n) is 7.79. The molecular formula is C26H22N2O2S2. The standard InChI is InChI=1S/C26H22N2O2S2/c1-2-28(24-16-15-23-25-21(24)9-6-10-22(25)26(31)27-23)17-18-11-13-20(14-12-18)32(29,30)19-7-4-3-5-8-19/h3-16H,2,17H2,1H3,(H,27,31). The summed E-state index contributed by atoms with van der Waals surface area (Å²) in [6.45, 7) is 3.62. The van der Waals surface area contributed by atoms with Gasteiger partial charge in [-0.05, 0) is 48.9 Å². The monoisotopic (exact) mass is 458 g/mol. The molecule has 0 unspecified atom stereocenters. The number of hydrogen-bond acceptors (Lipinski definition) is 4. The number of nitrogens with one attached hydrogen (secondary N) is 1. The third-order valence-electron chi connectivity index (χ3n) is 5.89. The van der Waals surface area contributed by atoms with Crippen LogP contribution in [0.2, 0.25) is 0 Å². The first-order valence-corrected chi connectivity index (χ1v) is 12.4. The SMILES string of the molecule is CCN(Cc1ccc(S(=O)(=O)c2ccccc2)cc1)c1ccc2c3c(cccc13)C(=S)N2. The minimum atomic E-state index is -3.51. The molecule has 0 fully saturated rings. The molecular weight excluding hydrogens is 436 g/mol. The quantitative estimate of drug-likeness (QED) is 0.370. The third-order valence-corrected chi connectivity index (χ3v) is 8.00. The summed E-state index contributed by atoms with van der Waals surface area (Å²) < 4.78 is 25.7. The molecule has 0 aromatic heterocycles. The Morgan fingerprint density at radius 3 is 2.28 bits per heavy atom. The van der Waals surface area contributed by atoms with Gasteiger partial charge in [0.25, 0.3) is 0 Å². The summed E-state index contributed by atoms with van der Waals surface area (Å²) in [4.78, 5) is 3.68. The molecule has 160 valence electrons. The lowest BCUT2D eigenvalue weighted by atomic mass is 10.0. The van der Waals surface area contributed by atoms with Crippen molar-refractivity contribution in [2.24, 2.45) is 0 Å². The Labute approximate surface area is 193 Å². The minimum absolute atomic E-state index is 0.306. The largest absolute Gasteiger partial charge is 0.367 e. The molecule has 0 spiro atoms. The van der Waals surface area contributed by atoms with Crippen molar-refractivity contribution in [1.29, 1.82) is 0 Å². The zero-order chi connectivity index (χ0) is 22.3. The van der Waals surface area contributed by atoms with E-state index in [1.807, 2.05) is 24.3 Å². The topological polar surface area (TPSA) is 49.4 Å². The van der Waals surface area contributed by atoms with Gasteiger partial charge >= 0.3 is 0 Å². The number of hydrogen-bond donors (Lipinski definition) is 1. The molecule has 0 aliphatic carbocycles. The number of benzene rings is 4. The maximum absolute atomic E-state index is 12.9. The van der Waals surface area contributed by atoms with E-state index in [-0.39, 0.29) is 0 Å². The molecule has 32 heavy (non-hydrogen) atoms. The smallest absolute Gasteiger partial charge is 0.206 e. The van der Waals surface area contributed by atoms with Gasteiger partial charge < -0.3 is 10.2 Å². The highest BCUT2D eigenvalue weighted by Gasteiger charge is 2.21. The first-order valence-electron chi connectivity index (χ1n) is 10.5. The Morgan fingerprint density at radius 2 is 1.56 bits per heavy atom. The van der Waals surface area contributed by atoms with Gasteiger partial charge in [0.1, 0.15) is 4.99 Å². The molecule has 5 rings (SSSR count). The fourth-order valence-corrected chi connectivity index (χ4v) is 5.81. The van der Waals surface area contributed by atoms with Gasteiger partial charge in [-0.25, -0.2) is 8.42 Å². The van der Waals surface area contributed by atoms with Crippen molar-refractivity contribution in [2.45, 2.75) is 23.3 Å². The number of thiocarbonyl (C=S) groups is 1. The molecule has 0 saturated carbocycles. The molecule has 0 amide bonds. The highest BCUT2D eigenvalue weighted by molar-refractivity contribution is 7.91. The summed E-state index contributed by atoms with van der Waals surface area (Å²) in [5.41, 5.74) is 4.31. The van der Waals surface area contributed by atoms with Gasteiger partial charge in [0.2, 0.25) is 9.84 Å². The van der Waals surface area contributed by atoms with Gasteiger partial charge in [-0.1, -0.05) is 60.7 Å². The molecule has 1 N–H and O–H groups in total. The minimum Gasteiger partial charge on any atom is -0.367 e. The highest BCUT2D eigenvalue weighted by atomic mass is 32.2. The number of rotatable bonds is 6. The van der Waals surface area contributed by atoms with Crippen molar-refractivity contribution < 1.29 is 8.42 Å². The summed E-state index contributed by atoms with van der Waals surface area (Å²) in [5.74, 6) is 0. The second kappa shape index (κ2) is 8.04. The van der Waals surface area contributed by atoms with Crippen molar-refractivity contribution in [3.8, 4) is 0 Å². The predicted molar refractivity (Wildman–Crippen MR) is 134 cm³/mol. The molecule has 0 atom stereocenters. The summed E-state index contributed by atoms with van der Waals surface area (Å²) in [6, 6.07) is 26.2. The van der Waals surface area contributed by atoms with Crippen molar-refractivity contribution in [2.75, 3.05) is 16.8 Å². The van der Waals surface area contributed by atoms with E-state index < -0.39 is 9.84 Å². The Balaban J connectivity index is 1.46. The van der Waals surface area contributed by atoms with E-state index in [0.717, 1.165) is 44.8 Å². The highest BCUT2D eigenvalue weighted by Crippen LogP contribution is 2.39. The van der Waals surface area contributed by atoms with E-state index in [0.29, 0.717) is 16.3 Å². The van der Waals surface area contributed by atoms with Crippen LogP contribution in [0.3, 0.4) is 0 Å². The average molecular weight is 459 g/mol. The lowest BCUT2D eigenvalue weighted by Crippen LogP contribution is -2.22. The van der Waals surface area contributed by atoms with Crippen LogP contribution in [0.25, 0.3) is 10.8 Å². The summed E-state index contributed by atoms with van der Waals surface area (Å²) in [7, 11) is -3.51. The van der Waals surface area contributed by atoms with Crippen LogP contribution in [0.5, 0.6) is 0 Å². The van der Waals surface area contributed by atoms with Gasteiger partial charge in [0.15, 0.2) is 0 Å². The maximum Gasteiger partial charge on any atom is 0.206 e. The zero-order valence-electron chi connectivity index (χ0n) is 17.6. The third kappa shape index (κ3) is 3.45. The zero-order valence-corrected chi connectivity index (χ0v) is 19.2. The molecule has 4 aromatic carbocycles. The maximum atomic E-state index is 12.9. The van der Waals surface area contributed by atoms with Crippen LogP contribution in [0, 0.1) is 0 Å². The number of anilines is 2. The van der Waals surface area contributed by atoms with Crippen LogP contribution < -0.4 is 10.2 Å². The predicted octanol–water partition coefficient (Wildman–Crippen LogP) is 5.80. The van der Waals surface area contributed by atoms with E-state index in [1.54, 1.807) is 36.4 Å². The molecule has 6 heteroatoms. The fourth-order valence-electron chi connectivity index (χ4n) is 4.25. The van der Waals surface area contributed by atoms with E-state index in [1.165, 1.54) is 0 Å². The number of sulfone groups is 1. The van der Waals surface area contributed by atoms with E-state index in [9.17, 15) is 8.42 Å². The van der Waals surface area contributed by atoms with Gasteiger partial charge in [0, 0.05) is 40.8 Å². The van der Waals surface area contributed by atoms with Crippen molar-refractivity contribution >= 4 is 49.2 Å². The summed E-state index contributed by atoms with van der Waals surface area (Å²) in [6.07, 6.45) is 0. The van der Waals surface area contributed by atoms with Gasteiger partial charge in [-0.15, -0.1) is 0 Å². The fraction of sp³-hybridized carbons (Fsp3) is 0.115. The number of nitrogens with zero attached hydrogens (tertiary/aromatic N) is 1. The molecule has 1 heterocycles. The van der Waals surface area contributed by atoms with Crippen LogP contribution in [-0.2, 0) is 16.4 Å². The normalized spacial score (nSPS) is 12.7. The van der Waals surface area contributed by atoms with Crippen molar-refractivity contribution in [3.05, 3.63) is 96.1 Å². The van der Waals surface area contributed by atoms with Gasteiger partial charge in [0.05, 0.1) is 9.79 Å². The Hall–Kier alpha value is -3.22. The van der Waals surface area contributed by atoms with Gasteiger partial charge in [-0.2, -0.15) is 0 Å². The molecule has 1 aliphatic rings. The molecule has 0 radical (unpaired) electrons. The van der Waals surface area contributed by atoms with E-state index in [2.05, 4.69) is 41.4 Å². The first-order chi connectivity index (χ1) is 15.5. The van der Waals surface area contributed by atoms with E-state index >= 15 is 0 Å². The second-order valence-corrected chi connectivity index (χ2v) is 10.1. The van der Waals surface area contributed by atoms with Crippen LogP contribution in [0.1, 0.15) is 18.1 Å². The van der Waals surface area contributed by atoms with Crippen LogP contribution in [0.15, 0.2) is 94.7 Å². The van der Waals surface area contributed by atoms with Crippen LogP contribution >= 0.6 is 12.2 Å². The van der Waals surface area contributed by atoms with Gasteiger partial charge in [-0.3, -0.25) is 0 Å². The van der Waals surface area contributed by atoms with Crippen molar-refractivity contribution in [3.63, 3.8) is 0 Å². The summed E-state index contributed by atoms with van der Waals surface area (Å²) in [5, 5.41) is 5.62. The van der Waals surface area contributed by atoms with Crippen molar-refractivity contribution in [1.82, 2.24) is 0 Å². The Morgan fingerprint density at radius 1 is 0.844 bits per heavy atom. The lowest BCUT2D eigenvalue weighted by molar-refractivity contribution is 0.596. The summed E-state index contributed by atoms with van der Waals surface area (Å²) >= 11 is 5.48. The van der Waals surface area contributed by atoms with Crippen LogP contribution in [-0.4, -0.2) is 20.0 Å². The molecule has 0 saturated heterocycles. The average Bonchev–Trinajstić information content (AvgIpc) is 3.16. The van der Waals surface area contributed by atoms with E-state index in [4.69, 9.17) is 12.2 Å². The Kier molecular flexibility index (Phi) is 5.19. The molecule has 4 aromatic rings. The lowest BCUT2D eigenvalue weighted by Gasteiger charge is -2.25. The molecule has 0 bridgehead atoms. The first kappa shape index (κ1) is 20.7. The molecule has 1 aliphatic heterocycles. The van der Waals surface area contributed by atoms with Crippen LogP contribution in [0.4, 0.5) is 11.4 Å². The molecule has 4 nitrogen and oxygen atoms in total.